The number of carbonyl (C=O) groups excluding carboxylic acids is 1. The molecule has 0 fully saturated rings. The van der Waals surface area contributed by atoms with E-state index in [4.69, 9.17) is 14.2 Å². The number of carbonyl (C=O) groups is 1. The SMILES string of the molecule is Cc1ccc(CN(Cc2ccc3c(c2)OCO3)C(=O)COc2ccccc2P(=O)(c2ccccc2)c2ccccc2)cc1. The summed E-state index contributed by atoms with van der Waals surface area (Å²) in [4.78, 5) is 15.6. The molecule has 0 saturated heterocycles. The second-order valence-corrected chi connectivity index (χ2v) is 13.2. The maximum atomic E-state index is 15.0. The van der Waals surface area contributed by atoms with Gasteiger partial charge in [0, 0.05) is 23.7 Å². The Morgan fingerprint density at radius 2 is 1.30 bits per heavy atom. The predicted molar refractivity (Wildman–Crippen MR) is 169 cm³/mol. The van der Waals surface area contributed by atoms with Crippen molar-refractivity contribution in [1.82, 2.24) is 4.90 Å². The molecule has 0 N–H and O–H groups in total. The third-order valence-electron chi connectivity index (χ3n) is 7.45. The molecule has 1 amide bonds. The maximum Gasteiger partial charge on any atom is 0.261 e. The summed E-state index contributed by atoms with van der Waals surface area (Å²) in [5.74, 6) is 1.59. The third-order valence-corrected chi connectivity index (χ3v) is 10.6. The van der Waals surface area contributed by atoms with Crippen molar-refractivity contribution < 1.29 is 23.6 Å². The molecule has 0 atom stereocenters. The third kappa shape index (κ3) is 6.20. The van der Waals surface area contributed by atoms with Crippen molar-refractivity contribution in [3.8, 4) is 17.2 Å². The highest BCUT2D eigenvalue weighted by molar-refractivity contribution is 7.85. The Bertz CT molecular complexity index is 1710. The fraction of sp³-hybridized carbons (Fsp3) is 0.139. The molecule has 5 aromatic carbocycles. The van der Waals surface area contributed by atoms with Gasteiger partial charge in [-0.1, -0.05) is 109 Å². The van der Waals surface area contributed by atoms with Gasteiger partial charge >= 0.3 is 0 Å². The molecule has 216 valence electrons. The molecule has 6 nitrogen and oxygen atoms in total. The zero-order chi connectivity index (χ0) is 29.6. The van der Waals surface area contributed by atoms with Crippen LogP contribution < -0.4 is 30.1 Å². The molecular weight excluding hydrogens is 557 g/mol. The van der Waals surface area contributed by atoms with Gasteiger partial charge in [-0.05, 0) is 42.3 Å². The van der Waals surface area contributed by atoms with E-state index >= 15 is 4.57 Å². The molecule has 5 aromatic rings. The standard InChI is InChI=1S/C36H32NO5P/c1-27-16-18-28(19-17-27)23-37(24-29-20-21-32-34(22-29)42-26-41-32)36(38)25-40-33-14-8-9-15-35(33)43(39,30-10-4-2-5-11-30)31-12-6-3-7-13-31/h2-22H,23-26H2,1H3. The average molecular weight is 590 g/mol. The summed E-state index contributed by atoms with van der Waals surface area (Å²) in [6.45, 7) is 2.78. The van der Waals surface area contributed by atoms with E-state index in [0.717, 1.165) is 16.7 Å². The quantitative estimate of drug-likeness (QED) is 0.188. The summed E-state index contributed by atoms with van der Waals surface area (Å²) in [5, 5.41) is 1.96. The van der Waals surface area contributed by atoms with Gasteiger partial charge in [0.2, 0.25) is 6.79 Å². The minimum atomic E-state index is -3.30. The van der Waals surface area contributed by atoms with Crippen LogP contribution >= 0.6 is 7.14 Å². The van der Waals surface area contributed by atoms with Crippen molar-refractivity contribution in [2.75, 3.05) is 13.4 Å². The monoisotopic (exact) mass is 589 g/mol. The molecular formula is C36H32NO5P. The molecule has 1 heterocycles. The van der Waals surface area contributed by atoms with Gasteiger partial charge in [0.25, 0.3) is 5.91 Å². The number of amides is 1. The van der Waals surface area contributed by atoms with Gasteiger partial charge in [0.1, 0.15) is 5.75 Å². The molecule has 7 heteroatoms. The van der Waals surface area contributed by atoms with Gasteiger partial charge in [0.15, 0.2) is 25.2 Å². The lowest BCUT2D eigenvalue weighted by Gasteiger charge is -2.25. The first-order chi connectivity index (χ1) is 21.0. The van der Waals surface area contributed by atoms with E-state index in [1.54, 1.807) is 11.0 Å². The molecule has 0 spiro atoms. The van der Waals surface area contributed by atoms with Crippen LogP contribution in [0.15, 0.2) is 127 Å². The van der Waals surface area contributed by atoms with Gasteiger partial charge in [-0.15, -0.1) is 0 Å². The van der Waals surface area contributed by atoms with Crippen LogP contribution in [0, 0.1) is 6.92 Å². The summed E-state index contributed by atoms with van der Waals surface area (Å²) in [7, 11) is -3.30. The van der Waals surface area contributed by atoms with Gasteiger partial charge < -0.3 is 23.7 Å². The Hall–Kier alpha value is -4.80. The lowest BCUT2D eigenvalue weighted by molar-refractivity contribution is -0.134. The fourth-order valence-corrected chi connectivity index (χ4v) is 7.96. The Labute approximate surface area is 251 Å². The van der Waals surface area contributed by atoms with Gasteiger partial charge in [-0.3, -0.25) is 4.79 Å². The minimum Gasteiger partial charge on any atom is -0.483 e. The molecule has 0 aromatic heterocycles. The number of para-hydroxylation sites is 1. The van der Waals surface area contributed by atoms with E-state index in [1.165, 1.54) is 0 Å². The number of hydrogen-bond donors (Lipinski definition) is 0. The predicted octanol–water partition coefficient (Wildman–Crippen LogP) is 5.97. The Kier molecular flexibility index (Phi) is 8.30. The molecule has 0 bridgehead atoms. The van der Waals surface area contributed by atoms with Crippen LogP contribution in [0.5, 0.6) is 17.2 Å². The summed E-state index contributed by atoms with van der Waals surface area (Å²) in [6.07, 6.45) is 0. The van der Waals surface area contributed by atoms with Gasteiger partial charge in [0.05, 0.1) is 5.30 Å². The van der Waals surface area contributed by atoms with Gasteiger partial charge in [-0.25, -0.2) is 0 Å². The lowest BCUT2D eigenvalue weighted by Crippen LogP contribution is -2.35. The maximum absolute atomic E-state index is 15.0. The van der Waals surface area contributed by atoms with E-state index in [1.807, 2.05) is 128 Å². The summed E-state index contributed by atoms with van der Waals surface area (Å²) >= 11 is 0. The van der Waals surface area contributed by atoms with Crippen molar-refractivity contribution in [3.63, 3.8) is 0 Å². The summed E-state index contributed by atoms with van der Waals surface area (Å²) in [5.41, 5.74) is 3.08. The highest BCUT2D eigenvalue weighted by Gasteiger charge is 2.32. The zero-order valence-electron chi connectivity index (χ0n) is 23.9. The first-order valence-corrected chi connectivity index (χ1v) is 15.9. The van der Waals surface area contributed by atoms with Crippen LogP contribution in [0.2, 0.25) is 0 Å². The van der Waals surface area contributed by atoms with E-state index in [-0.39, 0.29) is 19.3 Å². The first-order valence-electron chi connectivity index (χ1n) is 14.2. The molecule has 1 aliphatic heterocycles. The zero-order valence-corrected chi connectivity index (χ0v) is 24.8. The molecule has 0 saturated carbocycles. The second kappa shape index (κ2) is 12.6. The fourth-order valence-electron chi connectivity index (χ4n) is 5.18. The average Bonchev–Trinajstić information content (AvgIpc) is 3.53. The first kappa shape index (κ1) is 28.3. The second-order valence-electron chi connectivity index (χ2n) is 10.5. The molecule has 0 aliphatic carbocycles. The minimum absolute atomic E-state index is 0.188. The Morgan fingerprint density at radius 1 is 0.721 bits per heavy atom. The molecule has 43 heavy (non-hydrogen) atoms. The van der Waals surface area contributed by atoms with Crippen LogP contribution in [0.1, 0.15) is 16.7 Å². The smallest absolute Gasteiger partial charge is 0.261 e. The van der Waals surface area contributed by atoms with Crippen LogP contribution in [-0.4, -0.2) is 24.2 Å². The number of aryl methyl sites for hydroxylation is 1. The summed E-state index contributed by atoms with van der Waals surface area (Å²) < 4.78 is 32.3. The molecule has 0 radical (unpaired) electrons. The number of hydrogen-bond acceptors (Lipinski definition) is 5. The van der Waals surface area contributed by atoms with Crippen molar-refractivity contribution in [2.45, 2.75) is 20.0 Å². The largest absolute Gasteiger partial charge is 0.483 e. The van der Waals surface area contributed by atoms with Crippen LogP contribution in [-0.2, 0) is 22.4 Å². The topological polar surface area (TPSA) is 65.1 Å². The molecule has 6 rings (SSSR count). The number of nitrogens with zero attached hydrogens (tertiary/aromatic N) is 1. The lowest BCUT2D eigenvalue weighted by atomic mass is 10.1. The van der Waals surface area contributed by atoms with Crippen molar-refractivity contribution in [1.29, 1.82) is 0 Å². The number of benzene rings is 5. The van der Waals surface area contributed by atoms with E-state index < -0.39 is 7.14 Å². The van der Waals surface area contributed by atoms with Crippen molar-refractivity contribution in [2.24, 2.45) is 0 Å². The number of fused-ring (bicyclic) bond motifs is 1. The highest BCUT2D eigenvalue weighted by atomic mass is 31.2. The number of rotatable bonds is 10. The van der Waals surface area contributed by atoms with Crippen molar-refractivity contribution in [3.05, 3.63) is 144 Å². The van der Waals surface area contributed by atoms with Crippen LogP contribution in [0.25, 0.3) is 0 Å². The van der Waals surface area contributed by atoms with E-state index in [9.17, 15) is 4.79 Å². The van der Waals surface area contributed by atoms with E-state index in [2.05, 4.69) is 0 Å². The van der Waals surface area contributed by atoms with Crippen molar-refractivity contribution >= 4 is 29.0 Å². The van der Waals surface area contributed by atoms with Crippen LogP contribution in [0.3, 0.4) is 0 Å². The molecule has 1 aliphatic rings. The van der Waals surface area contributed by atoms with E-state index in [0.29, 0.717) is 46.3 Å². The summed E-state index contributed by atoms with van der Waals surface area (Å²) in [6, 6.07) is 40.0. The molecule has 0 unspecified atom stereocenters. The highest BCUT2D eigenvalue weighted by Crippen LogP contribution is 2.45. The normalized spacial score (nSPS) is 12.1. The Balaban J connectivity index is 1.29. The number of ether oxygens (including phenoxy) is 3. The Morgan fingerprint density at radius 3 is 2.00 bits per heavy atom. The van der Waals surface area contributed by atoms with Crippen LogP contribution in [0.4, 0.5) is 0 Å². The van der Waals surface area contributed by atoms with Gasteiger partial charge in [-0.2, -0.15) is 0 Å².